The molecule has 0 saturated heterocycles. The van der Waals surface area contributed by atoms with E-state index in [4.69, 9.17) is 9.47 Å². The van der Waals surface area contributed by atoms with Crippen LogP contribution in [0.3, 0.4) is 0 Å². The Balaban J connectivity index is 1.83. The van der Waals surface area contributed by atoms with E-state index in [1.54, 1.807) is 20.1 Å². The minimum Gasteiger partial charge on any atom is -0.497 e. The molecule has 2 rings (SSSR count). The van der Waals surface area contributed by atoms with E-state index in [9.17, 15) is 4.79 Å². The maximum Gasteiger partial charge on any atom is 0.270 e. The largest absolute Gasteiger partial charge is 0.497 e. The van der Waals surface area contributed by atoms with E-state index in [-0.39, 0.29) is 5.91 Å². The van der Waals surface area contributed by atoms with Gasteiger partial charge in [-0.1, -0.05) is 13.8 Å². The predicted octanol–water partition coefficient (Wildman–Crippen LogP) is 2.67. The number of nitrogens with zero attached hydrogens (tertiary/aromatic N) is 2. The van der Waals surface area contributed by atoms with E-state index < -0.39 is 0 Å². The van der Waals surface area contributed by atoms with Crippen LogP contribution in [0.2, 0.25) is 0 Å². The number of nitrogens with one attached hydrogen (secondary N) is 2. The molecule has 7 heteroatoms. The van der Waals surface area contributed by atoms with Gasteiger partial charge >= 0.3 is 0 Å². The highest BCUT2D eigenvalue weighted by Crippen LogP contribution is 2.16. The highest BCUT2D eigenvalue weighted by atomic mass is 16.5. The molecule has 2 N–H and O–H groups in total. The van der Waals surface area contributed by atoms with Gasteiger partial charge in [0.1, 0.15) is 35.4 Å². The van der Waals surface area contributed by atoms with Crippen LogP contribution in [0, 0.1) is 12.8 Å². The molecule has 0 aliphatic heterocycles. The molecule has 0 unspecified atom stereocenters. The van der Waals surface area contributed by atoms with Crippen molar-refractivity contribution >= 4 is 11.7 Å². The second-order valence-corrected chi connectivity index (χ2v) is 6.24. The lowest BCUT2D eigenvalue weighted by Crippen LogP contribution is -2.29. The maximum absolute atomic E-state index is 12.3. The Labute approximate surface area is 154 Å². The molecule has 1 amide bonds. The van der Waals surface area contributed by atoms with Gasteiger partial charge in [-0.15, -0.1) is 0 Å². The molecule has 0 bridgehead atoms. The third kappa shape index (κ3) is 6.23. The van der Waals surface area contributed by atoms with Gasteiger partial charge in [-0.25, -0.2) is 9.97 Å². The summed E-state index contributed by atoms with van der Waals surface area (Å²) < 4.78 is 10.7. The standard InChI is InChI=1S/C19H26N4O3/c1-13(2)12-21-18-11-17(22-14(3)23-18)19(24)20-9-10-26-16-7-5-15(25-4)6-8-16/h5-8,11,13H,9-10,12H2,1-4H3,(H,20,24)(H,21,22,23). The Morgan fingerprint density at radius 3 is 2.50 bits per heavy atom. The Hall–Kier alpha value is -2.83. The van der Waals surface area contributed by atoms with Gasteiger partial charge in [-0.2, -0.15) is 0 Å². The molecule has 1 aromatic carbocycles. The number of amides is 1. The van der Waals surface area contributed by atoms with Gasteiger partial charge in [0.15, 0.2) is 0 Å². The number of anilines is 1. The summed E-state index contributed by atoms with van der Waals surface area (Å²) in [6.45, 7) is 7.51. The molecule has 26 heavy (non-hydrogen) atoms. The van der Waals surface area contributed by atoms with Crippen LogP contribution >= 0.6 is 0 Å². The fourth-order valence-electron chi connectivity index (χ4n) is 2.18. The van der Waals surface area contributed by atoms with Crippen molar-refractivity contribution in [2.45, 2.75) is 20.8 Å². The molecule has 1 heterocycles. The smallest absolute Gasteiger partial charge is 0.270 e. The number of ether oxygens (including phenoxy) is 2. The van der Waals surface area contributed by atoms with E-state index >= 15 is 0 Å². The number of methoxy groups -OCH3 is 1. The molecule has 0 aliphatic carbocycles. The topological polar surface area (TPSA) is 85.4 Å². The first-order valence-electron chi connectivity index (χ1n) is 8.62. The molecule has 140 valence electrons. The molecule has 7 nitrogen and oxygen atoms in total. The molecule has 0 aliphatic rings. The summed E-state index contributed by atoms with van der Waals surface area (Å²) in [5.41, 5.74) is 0.341. The number of carbonyl (C=O) groups is 1. The third-order valence-corrected chi connectivity index (χ3v) is 3.48. The van der Waals surface area contributed by atoms with Crippen molar-refractivity contribution in [2.75, 3.05) is 32.1 Å². The van der Waals surface area contributed by atoms with Crippen LogP contribution in [0.1, 0.15) is 30.2 Å². The number of benzene rings is 1. The Kier molecular flexibility index (Phi) is 7.20. The zero-order valence-corrected chi connectivity index (χ0v) is 15.7. The number of rotatable bonds is 9. The molecule has 0 fully saturated rings. The first kappa shape index (κ1) is 19.5. The molecule has 0 radical (unpaired) electrons. The quantitative estimate of drug-likeness (QED) is 0.671. The summed E-state index contributed by atoms with van der Waals surface area (Å²) in [7, 11) is 1.62. The lowest BCUT2D eigenvalue weighted by Gasteiger charge is -2.11. The van der Waals surface area contributed by atoms with Crippen LogP contribution in [0.15, 0.2) is 30.3 Å². The predicted molar refractivity (Wildman–Crippen MR) is 101 cm³/mol. The average Bonchev–Trinajstić information content (AvgIpc) is 2.63. The molecule has 0 atom stereocenters. The van der Waals surface area contributed by atoms with E-state index in [0.717, 1.165) is 18.0 Å². The van der Waals surface area contributed by atoms with Gasteiger partial charge in [0.2, 0.25) is 0 Å². The van der Waals surface area contributed by atoms with E-state index in [1.165, 1.54) is 0 Å². The fourth-order valence-corrected chi connectivity index (χ4v) is 2.18. The molecular weight excluding hydrogens is 332 g/mol. The van der Waals surface area contributed by atoms with Crippen molar-refractivity contribution < 1.29 is 14.3 Å². The summed E-state index contributed by atoms with van der Waals surface area (Å²) in [4.78, 5) is 20.8. The van der Waals surface area contributed by atoms with Crippen LogP contribution in [0.4, 0.5) is 5.82 Å². The van der Waals surface area contributed by atoms with Gasteiger partial charge in [-0.05, 0) is 37.1 Å². The second-order valence-electron chi connectivity index (χ2n) is 6.24. The monoisotopic (exact) mass is 358 g/mol. The molecule has 0 spiro atoms. The minimum absolute atomic E-state index is 0.249. The summed E-state index contributed by atoms with van der Waals surface area (Å²) in [5, 5.41) is 6.02. The fraction of sp³-hybridized carbons (Fsp3) is 0.421. The third-order valence-electron chi connectivity index (χ3n) is 3.48. The average molecular weight is 358 g/mol. The normalized spacial score (nSPS) is 10.5. The van der Waals surface area contributed by atoms with Crippen LogP contribution in [0.25, 0.3) is 0 Å². The zero-order valence-electron chi connectivity index (χ0n) is 15.7. The van der Waals surface area contributed by atoms with Crippen molar-refractivity contribution in [1.29, 1.82) is 0 Å². The summed E-state index contributed by atoms with van der Waals surface area (Å²) >= 11 is 0. The first-order valence-corrected chi connectivity index (χ1v) is 8.62. The molecule has 1 aromatic heterocycles. The first-order chi connectivity index (χ1) is 12.5. The van der Waals surface area contributed by atoms with E-state index in [2.05, 4.69) is 34.4 Å². The zero-order chi connectivity index (χ0) is 18.9. The summed E-state index contributed by atoms with van der Waals surface area (Å²) in [6, 6.07) is 8.95. The highest BCUT2D eigenvalue weighted by molar-refractivity contribution is 5.92. The van der Waals surface area contributed by atoms with Gasteiger partial charge in [0.05, 0.1) is 13.7 Å². The van der Waals surface area contributed by atoms with Crippen molar-refractivity contribution in [2.24, 2.45) is 5.92 Å². The number of aromatic nitrogens is 2. The van der Waals surface area contributed by atoms with Crippen molar-refractivity contribution in [3.63, 3.8) is 0 Å². The van der Waals surface area contributed by atoms with Crippen molar-refractivity contribution in [1.82, 2.24) is 15.3 Å². The van der Waals surface area contributed by atoms with Crippen molar-refractivity contribution in [3.05, 3.63) is 41.9 Å². The van der Waals surface area contributed by atoms with Gasteiger partial charge in [-0.3, -0.25) is 4.79 Å². The summed E-state index contributed by atoms with van der Waals surface area (Å²) in [5.74, 6) is 2.94. The van der Waals surface area contributed by atoms with Crippen LogP contribution < -0.4 is 20.1 Å². The maximum atomic E-state index is 12.3. The molecule has 2 aromatic rings. The van der Waals surface area contributed by atoms with Gasteiger partial charge in [0, 0.05) is 12.6 Å². The lowest BCUT2D eigenvalue weighted by molar-refractivity contribution is 0.0941. The van der Waals surface area contributed by atoms with Crippen LogP contribution in [0.5, 0.6) is 11.5 Å². The lowest BCUT2D eigenvalue weighted by atomic mass is 10.2. The van der Waals surface area contributed by atoms with Crippen LogP contribution in [-0.4, -0.2) is 42.7 Å². The molecule has 0 saturated carbocycles. The SMILES string of the molecule is COc1ccc(OCCNC(=O)c2cc(NCC(C)C)nc(C)n2)cc1. The highest BCUT2D eigenvalue weighted by Gasteiger charge is 2.10. The number of aryl methyl sites for hydroxylation is 1. The Morgan fingerprint density at radius 1 is 1.15 bits per heavy atom. The Morgan fingerprint density at radius 2 is 1.85 bits per heavy atom. The van der Waals surface area contributed by atoms with Crippen molar-refractivity contribution in [3.8, 4) is 11.5 Å². The van der Waals surface area contributed by atoms with Gasteiger partial charge < -0.3 is 20.1 Å². The Bertz CT molecular complexity index is 717. The molecular formula is C19H26N4O3. The van der Waals surface area contributed by atoms with Gasteiger partial charge in [0.25, 0.3) is 5.91 Å². The number of hydrogen-bond acceptors (Lipinski definition) is 6. The van der Waals surface area contributed by atoms with E-state index in [0.29, 0.717) is 36.4 Å². The second kappa shape index (κ2) is 9.60. The van der Waals surface area contributed by atoms with Crippen LogP contribution in [-0.2, 0) is 0 Å². The number of hydrogen-bond donors (Lipinski definition) is 2. The summed E-state index contributed by atoms with van der Waals surface area (Å²) in [6.07, 6.45) is 0. The minimum atomic E-state index is -0.249. The van der Waals surface area contributed by atoms with E-state index in [1.807, 2.05) is 24.3 Å². The number of carbonyl (C=O) groups excluding carboxylic acids is 1.